The van der Waals surface area contributed by atoms with Crippen molar-refractivity contribution in [2.75, 3.05) is 32.7 Å². The van der Waals surface area contributed by atoms with Crippen LogP contribution in [0.3, 0.4) is 0 Å². The molecule has 8 atom stereocenters. The quantitative estimate of drug-likeness (QED) is 0.323. The number of hydrogen-bond acceptors (Lipinski definition) is 8. The average Bonchev–Trinajstić information content (AvgIpc) is 3.36. The number of carbonyl (C=O) groups excluding carboxylic acids is 2. The number of amides is 2. The van der Waals surface area contributed by atoms with Crippen molar-refractivity contribution in [2.24, 2.45) is 34.8 Å². The molecule has 0 aromatic heterocycles. The maximum atomic E-state index is 14.1. The molecule has 10 nitrogen and oxygen atoms in total. The van der Waals surface area contributed by atoms with Gasteiger partial charge in [0, 0.05) is 48.4 Å². The summed E-state index contributed by atoms with van der Waals surface area (Å²) in [6.45, 7) is 8.35. The summed E-state index contributed by atoms with van der Waals surface area (Å²) >= 11 is 0. The molecule has 240 valence electrons. The number of fused-ring (bicyclic) bond motifs is 2. The number of para-hydroxylation sites is 1. The van der Waals surface area contributed by atoms with Crippen molar-refractivity contribution in [3.8, 4) is 16.9 Å². The molecule has 2 aromatic rings. The SMILES string of the molecule is COc1c(CN2O[C@@H](CO)[C@H]([C@H](C)O)[C@H]2C(=O)N[C@H]2C[C@H]3C[C@H]([C@@H]2C)C3(C)C)cccc1-c1cc(C(N)=O)cc(N(C)C)c1. The number of aliphatic hydroxyl groups is 2. The zero-order chi connectivity index (χ0) is 32.1. The number of methoxy groups -OCH3 is 1. The van der Waals surface area contributed by atoms with Crippen molar-refractivity contribution in [3.63, 3.8) is 0 Å². The van der Waals surface area contributed by atoms with Crippen LogP contribution in [0.2, 0.25) is 0 Å². The van der Waals surface area contributed by atoms with Gasteiger partial charge >= 0.3 is 0 Å². The van der Waals surface area contributed by atoms with Gasteiger partial charge in [0.1, 0.15) is 17.9 Å². The number of hydroxylamine groups is 2. The number of rotatable bonds is 10. The molecule has 0 spiro atoms. The number of primary amides is 1. The molecule has 3 aliphatic carbocycles. The van der Waals surface area contributed by atoms with Crippen LogP contribution in [0.1, 0.15) is 56.5 Å². The van der Waals surface area contributed by atoms with Crippen molar-refractivity contribution in [1.29, 1.82) is 0 Å². The molecule has 44 heavy (non-hydrogen) atoms. The first kappa shape index (κ1) is 32.2. The number of ether oxygens (including phenoxy) is 1. The molecule has 1 aliphatic heterocycles. The van der Waals surface area contributed by atoms with Crippen LogP contribution in [-0.4, -0.2) is 79.2 Å². The Morgan fingerprint density at radius 2 is 1.95 bits per heavy atom. The van der Waals surface area contributed by atoms with Gasteiger partial charge in [0.05, 0.1) is 26.4 Å². The summed E-state index contributed by atoms with van der Waals surface area (Å²) in [7, 11) is 5.36. The Balaban J connectivity index is 1.46. The molecule has 3 saturated carbocycles. The van der Waals surface area contributed by atoms with Gasteiger partial charge < -0.3 is 30.9 Å². The zero-order valence-electron chi connectivity index (χ0n) is 26.9. The van der Waals surface area contributed by atoms with Crippen LogP contribution in [0.4, 0.5) is 5.69 Å². The largest absolute Gasteiger partial charge is 0.496 e. The first-order chi connectivity index (χ1) is 20.8. The summed E-state index contributed by atoms with van der Waals surface area (Å²) in [6, 6.07) is 10.4. The lowest BCUT2D eigenvalue weighted by Gasteiger charge is -2.62. The second kappa shape index (κ2) is 12.3. The molecule has 0 unspecified atom stereocenters. The zero-order valence-corrected chi connectivity index (χ0v) is 26.9. The number of nitrogens with zero attached hydrogens (tertiary/aromatic N) is 2. The predicted molar refractivity (Wildman–Crippen MR) is 169 cm³/mol. The fourth-order valence-corrected chi connectivity index (χ4v) is 8.00. The fraction of sp³-hybridized carbons (Fsp3) is 0.588. The monoisotopic (exact) mass is 608 g/mol. The summed E-state index contributed by atoms with van der Waals surface area (Å²) in [4.78, 5) is 34.3. The van der Waals surface area contributed by atoms with Crippen molar-refractivity contribution in [1.82, 2.24) is 10.4 Å². The molecule has 5 N–H and O–H groups in total. The van der Waals surface area contributed by atoms with Crippen molar-refractivity contribution in [2.45, 2.75) is 71.4 Å². The Labute approximate surface area is 260 Å². The van der Waals surface area contributed by atoms with Crippen LogP contribution in [-0.2, 0) is 16.2 Å². The topological polar surface area (TPSA) is 138 Å². The van der Waals surface area contributed by atoms with Crippen LogP contribution in [0.15, 0.2) is 36.4 Å². The molecule has 2 amide bonds. The van der Waals surface area contributed by atoms with Crippen molar-refractivity contribution in [3.05, 3.63) is 47.5 Å². The molecule has 6 rings (SSSR count). The van der Waals surface area contributed by atoms with Crippen molar-refractivity contribution < 1.29 is 29.4 Å². The summed E-state index contributed by atoms with van der Waals surface area (Å²) < 4.78 is 5.93. The van der Waals surface area contributed by atoms with Crippen LogP contribution < -0.4 is 20.7 Å². The summed E-state index contributed by atoms with van der Waals surface area (Å²) in [5.74, 6) is 0.677. The van der Waals surface area contributed by atoms with Gasteiger partial charge in [0.2, 0.25) is 11.8 Å². The fourth-order valence-electron chi connectivity index (χ4n) is 8.00. The summed E-state index contributed by atoms with van der Waals surface area (Å²) in [6.07, 6.45) is 0.502. The van der Waals surface area contributed by atoms with E-state index in [1.165, 1.54) is 6.42 Å². The minimum absolute atomic E-state index is 0.0465. The third kappa shape index (κ3) is 5.69. The van der Waals surface area contributed by atoms with Gasteiger partial charge in [0.25, 0.3) is 0 Å². The van der Waals surface area contributed by atoms with Crippen molar-refractivity contribution >= 4 is 17.5 Å². The Bertz CT molecular complexity index is 1390. The van der Waals surface area contributed by atoms with Gasteiger partial charge in [-0.25, -0.2) is 0 Å². The Hall–Kier alpha value is -3.18. The third-order valence-corrected chi connectivity index (χ3v) is 10.7. The van der Waals surface area contributed by atoms with E-state index in [0.717, 1.165) is 28.8 Å². The molecule has 2 aromatic carbocycles. The Morgan fingerprint density at radius 3 is 2.52 bits per heavy atom. The summed E-state index contributed by atoms with van der Waals surface area (Å²) in [5, 5.41) is 25.9. The maximum Gasteiger partial charge on any atom is 0.248 e. The highest BCUT2D eigenvalue weighted by molar-refractivity contribution is 5.96. The van der Waals surface area contributed by atoms with E-state index < -0.39 is 30.1 Å². The minimum atomic E-state index is -0.891. The number of nitrogens with one attached hydrogen (secondary N) is 1. The maximum absolute atomic E-state index is 14.1. The highest BCUT2D eigenvalue weighted by Crippen LogP contribution is 2.61. The lowest BCUT2D eigenvalue weighted by Crippen LogP contribution is -2.62. The minimum Gasteiger partial charge on any atom is -0.496 e. The molecule has 4 fully saturated rings. The summed E-state index contributed by atoms with van der Waals surface area (Å²) in [5.41, 5.74) is 9.38. The van der Waals surface area contributed by atoms with E-state index in [4.69, 9.17) is 15.3 Å². The number of anilines is 1. The average molecular weight is 609 g/mol. The van der Waals surface area contributed by atoms with Gasteiger partial charge in [-0.15, -0.1) is 0 Å². The van der Waals surface area contributed by atoms with E-state index in [9.17, 15) is 19.8 Å². The Morgan fingerprint density at radius 1 is 1.23 bits per heavy atom. The van der Waals surface area contributed by atoms with Gasteiger partial charge in [0.15, 0.2) is 0 Å². The predicted octanol–water partition coefficient (Wildman–Crippen LogP) is 3.19. The lowest BCUT2D eigenvalue weighted by atomic mass is 9.45. The molecule has 10 heteroatoms. The van der Waals surface area contributed by atoms with Crippen LogP contribution in [0, 0.1) is 29.1 Å². The second-order valence-electron chi connectivity index (χ2n) is 13.8. The molecule has 4 aliphatic rings. The number of aliphatic hydroxyl groups excluding tert-OH is 2. The highest BCUT2D eigenvalue weighted by Gasteiger charge is 2.57. The number of benzene rings is 2. The first-order valence-corrected chi connectivity index (χ1v) is 15.6. The van der Waals surface area contributed by atoms with E-state index in [1.54, 1.807) is 31.2 Å². The lowest BCUT2D eigenvalue weighted by molar-refractivity contribution is -0.183. The van der Waals surface area contributed by atoms with Crippen LogP contribution in [0.5, 0.6) is 5.75 Å². The van der Waals surface area contributed by atoms with E-state index in [2.05, 4.69) is 26.1 Å². The van der Waals surface area contributed by atoms with Gasteiger partial charge in [-0.2, -0.15) is 5.06 Å². The Kier molecular flexibility index (Phi) is 9.01. The van der Waals surface area contributed by atoms with Crippen LogP contribution in [0.25, 0.3) is 11.1 Å². The highest BCUT2D eigenvalue weighted by atomic mass is 16.7. The molecular formula is C34H48N4O6. The van der Waals surface area contributed by atoms with Gasteiger partial charge in [-0.05, 0) is 66.7 Å². The third-order valence-electron chi connectivity index (χ3n) is 10.7. The molecule has 1 heterocycles. The smallest absolute Gasteiger partial charge is 0.248 e. The van der Waals surface area contributed by atoms with Gasteiger partial charge in [-0.1, -0.05) is 39.0 Å². The van der Waals surface area contributed by atoms with E-state index in [-0.39, 0.29) is 25.1 Å². The second-order valence-corrected chi connectivity index (χ2v) is 13.8. The van der Waals surface area contributed by atoms with Gasteiger partial charge in [-0.3, -0.25) is 14.4 Å². The molecular weight excluding hydrogens is 560 g/mol. The standard InChI is InChI=1S/C34H48N4O6/c1-18-26-14-23(34(26,3)4)15-27(18)36-33(42)30-29(19(2)40)28(17-39)44-38(30)16-20-9-8-10-25(31(20)43-7)21-11-22(32(35)41)13-24(12-21)37(5)6/h8-13,18-19,23,26-30,39-40H,14-17H2,1-7H3,(H2,35,41)(H,36,42)/t18-,19-,23+,26+,27-,28-,29-,30-/m0/s1. The number of nitrogens with two attached hydrogens (primary N) is 1. The number of carbonyl (C=O) groups is 2. The van der Waals surface area contributed by atoms with Crippen LogP contribution >= 0.6 is 0 Å². The van der Waals surface area contributed by atoms with E-state index in [0.29, 0.717) is 34.5 Å². The number of hydrogen-bond donors (Lipinski definition) is 4. The molecule has 2 bridgehead atoms. The van der Waals surface area contributed by atoms with E-state index >= 15 is 0 Å². The molecule has 1 saturated heterocycles. The van der Waals surface area contributed by atoms with E-state index in [1.807, 2.05) is 43.3 Å². The first-order valence-electron chi connectivity index (χ1n) is 15.6. The normalized spacial score (nSPS) is 29.9. The molecule has 0 radical (unpaired) electrons.